The molecule has 1 amide bonds. The Bertz CT molecular complexity index is 924. The SMILES string of the molecule is Cc1nn(C)c(C)c1S(=O)(=O)N[C@@H](C)C(=O)N[C@H](C)c1ccccc1Br. The number of aromatic nitrogens is 2. The van der Waals surface area contributed by atoms with Crippen molar-refractivity contribution in [3.8, 4) is 0 Å². The molecular formula is C17H23BrN4O3S. The molecule has 7 nitrogen and oxygen atoms in total. The van der Waals surface area contributed by atoms with Gasteiger partial charge in [0.2, 0.25) is 15.9 Å². The van der Waals surface area contributed by atoms with E-state index >= 15 is 0 Å². The van der Waals surface area contributed by atoms with Crippen LogP contribution < -0.4 is 10.0 Å². The topological polar surface area (TPSA) is 93.1 Å². The Hall–Kier alpha value is -1.71. The minimum atomic E-state index is -3.86. The lowest BCUT2D eigenvalue weighted by molar-refractivity contribution is -0.123. The first-order valence-electron chi connectivity index (χ1n) is 8.12. The number of hydrogen-bond donors (Lipinski definition) is 2. The smallest absolute Gasteiger partial charge is 0.244 e. The maximum atomic E-state index is 12.7. The third-order valence-electron chi connectivity index (χ3n) is 4.17. The molecule has 0 aliphatic carbocycles. The second kappa shape index (κ2) is 7.89. The number of carbonyl (C=O) groups excluding carboxylic acids is 1. The van der Waals surface area contributed by atoms with E-state index in [1.54, 1.807) is 20.9 Å². The number of hydrogen-bond acceptors (Lipinski definition) is 4. The zero-order valence-corrected chi connectivity index (χ0v) is 17.8. The van der Waals surface area contributed by atoms with E-state index in [2.05, 4.69) is 31.1 Å². The van der Waals surface area contributed by atoms with E-state index in [4.69, 9.17) is 0 Å². The Morgan fingerprint density at radius 2 is 1.85 bits per heavy atom. The van der Waals surface area contributed by atoms with Gasteiger partial charge in [0.05, 0.1) is 23.5 Å². The molecule has 1 heterocycles. The van der Waals surface area contributed by atoms with Crippen molar-refractivity contribution in [1.29, 1.82) is 0 Å². The fraction of sp³-hybridized carbons (Fsp3) is 0.412. The van der Waals surface area contributed by atoms with Crippen molar-refractivity contribution >= 4 is 31.9 Å². The molecule has 9 heteroatoms. The van der Waals surface area contributed by atoms with Gasteiger partial charge in [0, 0.05) is 11.5 Å². The standard InChI is InChI=1S/C17H23BrN4O3S/c1-10(14-8-6-7-9-15(14)18)19-17(23)12(3)21-26(24,25)16-11(2)20-22(5)13(16)4/h6-10,12,21H,1-5H3,(H,19,23)/t10-,12+/m1/s1. The molecule has 0 fully saturated rings. The van der Waals surface area contributed by atoms with Crippen molar-refractivity contribution in [2.75, 3.05) is 0 Å². The van der Waals surface area contributed by atoms with Gasteiger partial charge in [-0.15, -0.1) is 0 Å². The molecule has 0 aliphatic heterocycles. The first-order valence-corrected chi connectivity index (χ1v) is 10.4. The second-order valence-electron chi connectivity index (χ2n) is 6.22. The van der Waals surface area contributed by atoms with Gasteiger partial charge < -0.3 is 5.32 Å². The zero-order valence-electron chi connectivity index (χ0n) is 15.4. The fourth-order valence-electron chi connectivity index (χ4n) is 2.73. The molecule has 0 saturated carbocycles. The molecule has 1 aromatic carbocycles. The first-order chi connectivity index (χ1) is 12.0. The minimum absolute atomic E-state index is 0.110. The number of nitrogens with one attached hydrogen (secondary N) is 2. The van der Waals surface area contributed by atoms with Crippen LogP contribution in [0.5, 0.6) is 0 Å². The van der Waals surface area contributed by atoms with Crippen LogP contribution in [0, 0.1) is 13.8 Å². The number of sulfonamides is 1. The van der Waals surface area contributed by atoms with Gasteiger partial charge >= 0.3 is 0 Å². The van der Waals surface area contributed by atoms with E-state index in [9.17, 15) is 13.2 Å². The summed E-state index contributed by atoms with van der Waals surface area (Å²) in [6, 6.07) is 6.35. The van der Waals surface area contributed by atoms with Crippen molar-refractivity contribution in [3.05, 3.63) is 45.7 Å². The normalized spacial score (nSPS) is 14.1. The fourth-order valence-corrected chi connectivity index (χ4v) is 5.00. The number of halogens is 1. The lowest BCUT2D eigenvalue weighted by Gasteiger charge is -2.20. The molecule has 2 rings (SSSR count). The van der Waals surface area contributed by atoms with Gasteiger partial charge in [-0.2, -0.15) is 9.82 Å². The monoisotopic (exact) mass is 442 g/mol. The lowest BCUT2D eigenvalue weighted by atomic mass is 10.1. The van der Waals surface area contributed by atoms with Crippen LogP contribution in [0.1, 0.15) is 36.8 Å². The molecular weight excluding hydrogens is 420 g/mol. The number of amides is 1. The number of rotatable bonds is 6. The highest BCUT2D eigenvalue weighted by Crippen LogP contribution is 2.23. The second-order valence-corrected chi connectivity index (χ2v) is 8.72. The van der Waals surface area contributed by atoms with E-state index in [1.807, 2.05) is 31.2 Å². The Labute approximate surface area is 162 Å². The average Bonchev–Trinajstić information content (AvgIpc) is 2.80. The van der Waals surface area contributed by atoms with Crippen LogP contribution in [0.2, 0.25) is 0 Å². The summed E-state index contributed by atoms with van der Waals surface area (Å²) in [5, 5.41) is 6.95. The van der Waals surface area contributed by atoms with Crippen molar-refractivity contribution in [2.24, 2.45) is 7.05 Å². The molecule has 0 unspecified atom stereocenters. The number of nitrogens with zero attached hydrogens (tertiary/aromatic N) is 2. The molecule has 2 atom stereocenters. The van der Waals surface area contributed by atoms with Gasteiger partial charge in [-0.1, -0.05) is 34.1 Å². The summed E-state index contributed by atoms with van der Waals surface area (Å²) in [6.45, 7) is 6.66. The van der Waals surface area contributed by atoms with Crippen LogP contribution in [0.15, 0.2) is 33.6 Å². The summed E-state index contributed by atoms with van der Waals surface area (Å²) in [5.41, 5.74) is 1.82. The Morgan fingerprint density at radius 3 is 2.38 bits per heavy atom. The predicted octanol–water partition coefficient (Wildman–Crippen LogP) is 2.34. The highest BCUT2D eigenvalue weighted by molar-refractivity contribution is 9.10. The highest BCUT2D eigenvalue weighted by atomic mass is 79.9. The molecule has 2 aromatic rings. The van der Waals surface area contributed by atoms with E-state index < -0.39 is 22.0 Å². The van der Waals surface area contributed by atoms with Crippen LogP contribution in [0.25, 0.3) is 0 Å². The van der Waals surface area contributed by atoms with Crippen molar-refractivity contribution in [3.63, 3.8) is 0 Å². The zero-order chi connectivity index (χ0) is 19.6. The molecule has 0 saturated heterocycles. The molecule has 2 N–H and O–H groups in total. The Morgan fingerprint density at radius 1 is 1.23 bits per heavy atom. The number of benzene rings is 1. The average molecular weight is 443 g/mol. The van der Waals surface area contributed by atoms with Crippen LogP contribution >= 0.6 is 15.9 Å². The van der Waals surface area contributed by atoms with Gasteiger partial charge in [-0.3, -0.25) is 9.48 Å². The Kier molecular flexibility index (Phi) is 6.25. The van der Waals surface area contributed by atoms with Gasteiger partial charge in [0.1, 0.15) is 4.90 Å². The van der Waals surface area contributed by atoms with E-state index in [1.165, 1.54) is 11.6 Å². The molecule has 142 valence electrons. The minimum Gasteiger partial charge on any atom is -0.348 e. The molecule has 0 spiro atoms. The van der Waals surface area contributed by atoms with Crippen LogP contribution in [-0.4, -0.2) is 30.1 Å². The molecule has 0 radical (unpaired) electrons. The first kappa shape index (κ1) is 20.6. The van der Waals surface area contributed by atoms with Crippen molar-refractivity contribution < 1.29 is 13.2 Å². The van der Waals surface area contributed by atoms with Crippen molar-refractivity contribution in [2.45, 2.75) is 44.7 Å². The van der Waals surface area contributed by atoms with Gasteiger partial charge in [0.25, 0.3) is 0 Å². The third kappa shape index (κ3) is 4.33. The summed E-state index contributed by atoms with van der Waals surface area (Å²) in [7, 11) is -2.18. The van der Waals surface area contributed by atoms with Crippen LogP contribution in [0.3, 0.4) is 0 Å². The van der Waals surface area contributed by atoms with E-state index in [0.717, 1.165) is 10.0 Å². The predicted molar refractivity (Wildman–Crippen MR) is 103 cm³/mol. The van der Waals surface area contributed by atoms with Gasteiger partial charge in [-0.25, -0.2) is 8.42 Å². The summed E-state index contributed by atoms with van der Waals surface area (Å²) in [4.78, 5) is 12.6. The lowest BCUT2D eigenvalue weighted by Crippen LogP contribution is -2.45. The summed E-state index contributed by atoms with van der Waals surface area (Å²) >= 11 is 3.45. The van der Waals surface area contributed by atoms with E-state index in [0.29, 0.717) is 11.4 Å². The highest BCUT2D eigenvalue weighted by Gasteiger charge is 2.28. The van der Waals surface area contributed by atoms with Crippen LogP contribution in [0.4, 0.5) is 0 Å². The molecule has 1 aromatic heterocycles. The van der Waals surface area contributed by atoms with E-state index in [-0.39, 0.29) is 10.9 Å². The number of carbonyl (C=O) groups is 1. The largest absolute Gasteiger partial charge is 0.348 e. The third-order valence-corrected chi connectivity index (χ3v) is 6.68. The maximum Gasteiger partial charge on any atom is 0.244 e. The van der Waals surface area contributed by atoms with Gasteiger partial charge in [0.15, 0.2) is 0 Å². The summed E-state index contributed by atoms with van der Waals surface area (Å²) in [6.07, 6.45) is 0. The summed E-state index contributed by atoms with van der Waals surface area (Å²) < 4.78 is 30.1. The van der Waals surface area contributed by atoms with Crippen molar-refractivity contribution in [1.82, 2.24) is 19.8 Å². The molecule has 0 aliphatic rings. The quantitative estimate of drug-likeness (QED) is 0.717. The number of aryl methyl sites for hydroxylation is 2. The Balaban J connectivity index is 2.12. The maximum absolute atomic E-state index is 12.7. The molecule has 0 bridgehead atoms. The summed E-state index contributed by atoms with van der Waals surface area (Å²) in [5.74, 6) is -0.406. The molecule has 26 heavy (non-hydrogen) atoms. The van der Waals surface area contributed by atoms with Gasteiger partial charge in [-0.05, 0) is 39.3 Å². The van der Waals surface area contributed by atoms with Crippen LogP contribution in [-0.2, 0) is 21.9 Å².